The van der Waals surface area contributed by atoms with E-state index in [1.807, 2.05) is 18.2 Å². The van der Waals surface area contributed by atoms with Gasteiger partial charge in [-0.2, -0.15) is 5.26 Å². The van der Waals surface area contributed by atoms with Crippen molar-refractivity contribution in [2.45, 2.75) is 11.4 Å². The predicted octanol–water partition coefficient (Wildman–Crippen LogP) is 3.39. The van der Waals surface area contributed by atoms with Crippen LogP contribution >= 0.6 is 11.8 Å². The predicted molar refractivity (Wildman–Crippen MR) is 83.7 cm³/mol. The molecule has 1 heterocycles. The van der Waals surface area contributed by atoms with E-state index in [1.54, 1.807) is 11.8 Å². The van der Waals surface area contributed by atoms with Gasteiger partial charge in [-0.15, -0.1) is 11.8 Å². The van der Waals surface area contributed by atoms with E-state index in [2.05, 4.69) is 11.0 Å². The quantitative estimate of drug-likeness (QED) is 0.864. The standard InChI is InChI=1S/C16H14FN3S/c17-13-2-1-11(9-18)12(7-13)10-20-5-6-21-16-4-3-14(19)8-15(16)20/h1-4,7-8H,5-6,10,19H2. The molecule has 1 aliphatic rings. The van der Waals surface area contributed by atoms with E-state index in [0.717, 1.165) is 18.0 Å². The Kier molecular flexibility index (Phi) is 3.72. The summed E-state index contributed by atoms with van der Waals surface area (Å²) in [6, 6.07) is 12.2. The third-order valence-electron chi connectivity index (χ3n) is 3.49. The monoisotopic (exact) mass is 299 g/mol. The van der Waals surface area contributed by atoms with Gasteiger partial charge in [0.1, 0.15) is 5.82 Å². The van der Waals surface area contributed by atoms with E-state index in [0.29, 0.717) is 23.4 Å². The van der Waals surface area contributed by atoms with Crippen LogP contribution < -0.4 is 10.6 Å². The molecule has 0 saturated carbocycles. The van der Waals surface area contributed by atoms with Gasteiger partial charge >= 0.3 is 0 Å². The Balaban J connectivity index is 1.96. The zero-order valence-electron chi connectivity index (χ0n) is 11.3. The molecule has 106 valence electrons. The van der Waals surface area contributed by atoms with Crippen LogP contribution in [0.25, 0.3) is 0 Å². The number of nitrogens with two attached hydrogens (primary N) is 1. The van der Waals surface area contributed by atoms with Crippen LogP contribution in [0.4, 0.5) is 15.8 Å². The average molecular weight is 299 g/mol. The number of rotatable bonds is 2. The Labute approximate surface area is 127 Å². The van der Waals surface area contributed by atoms with Gasteiger partial charge in [0.15, 0.2) is 0 Å². The summed E-state index contributed by atoms with van der Waals surface area (Å²) in [5, 5.41) is 9.16. The van der Waals surface area contributed by atoms with Gasteiger partial charge in [-0.3, -0.25) is 0 Å². The van der Waals surface area contributed by atoms with Crippen LogP contribution in [0.2, 0.25) is 0 Å². The highest BCUT2D eigenvalue weighted by molar-refractivity contribution is 7.99. The van der Waals surface area contributed by atoms with Gasteiger partial charge in [0.2, 0.25) is 0 Å². The first-order valence-electron chi connectivity index (χ1n) is 6.63. The summed E-state index contributed by atoms with van der Waals surface area (Å²) in [5.74, 6) is 0.650. The van der Waals surface area contributed by atoms with Gasteiger partial charge in [0, 0.05) is 29.4 Å². The minimum Gasteiger partial charge on any atom is -0.399 e. The van der Waals surface area contributed by atoms with Crippen LogP contribution in [0.1, 0.15) is 11.1 Å². The molecule has 0 atom stereocenters. The molecule has 0 bridgehead atoms. The van der Waals surface area contributed by atoms with Crippen molar-refractivity contribution < 1.29 is 4.39 Å². The maximum absolute atomic E-state index is 13.4. The van der Waals surface area contributed by atoms with Crippen molar-refractivity contribution in [1.29, 1.82) is 5.26 Å². The molecule has 0 unspecified atom stereocenters. The molecule has 3 rings (SSSR count). The molecule has 0 fully saturated rings. The van der Waals surface area contributed by atoms with Crippen molar-refractivity contribution in [3.8, 4) is 6.07 Å². The Morgan fingerprint density at radius 2 is 2.14 bits per heavy atom. The average Bonchev–Trinajstić information content (AvgIpc) is 2.48. The molecule has 0 aromatic heterocycles. The number of thioether (sulfide) groups is 1. The van der Waals surface area contributed by atoms with Crippen LogP contribution in [0, 0.1) is 17.1 Å². The molecule has 2 N–H and O–H groups in total. The third-order valence-corrected chi connectivity index (χ3v) is 4.53. The number of nitriles is 1. The van der Waals surface area contributed by atoms with Gasteiger partial charge in [0.25, 0.3) is 0 Å². The first-order chi connectivity index (χ1) is 10.2. The Hall–Kier alpha value is -2.19. The van der Waals surface area contributed by atoms with E-state index in [1.165, 1.54) is 23.1 Å². The first-order valence-corrected chi connectivity index (χ1v) is 7.62. The topological polar surface area (TPSA) is 53.0 Å². The largest absolute Gasteiger partial charge is 0.399 e. The van der Waals surface area contributed by atoms with E-state index in [-0.39, 0.29) is 5.82 Å². The minimum absolute atomic E-state index is 0.316. The molecule has 0 radical (unpaired) electrons. The van der Waals surface area contributed by atoms with Gasteiger partial charge < -0.3 is 10.6 Å². The molecular formula is C16H14FN3S. The molecule has 1 aliphatic heterocycles. The second-order valence-corrected chi connectivity index (χ2v) is 6.05. The van der Waals surface area contributed by atoms with Crippen molar-refractivity contribution in [1.82, 2.24) is 0 Å². The van der Waals surface area contributed by atoms with Gasteiger partial charge in [0.05, 0.1) is 17.3 Å². The molecule has 0 spiro atoms. The normalized spacial score (nSPS) is 13.6. The van der Waals surface area contributed by atoms with E-state index >= 15 is 0 Å². The molecule has 21 heavy (non-hydrogen) atoms. The Bertz CT molecular complexity index is 724. The van der Waals surface area contributed by atoms with Crippen LogP contribution in [0.5, 0.6) is 0 Å². The van der Waals surface area contributed by atoms with Crippen LogP contribution in [-0.2, 0) is 6.54 Å². The number of anilines is 2. The molecular weight excluding hydrogens is 285 g/mol. The highest BCUT2D eigenvalue weighted by Crippen LogP contribution is 2.37. The molecule has 5 heteroatoms. The lowest BCUT2D eigenvalue weighted by molar-refractivity contribution is 0.624. The van der Waals surface area contributed by atoms with E-state index in [4.69, 9.17) is 11.0 Å². The number of benzene rings is 2. The molecule has 0 amide bonds. The zero-order chi connectivity index (χ0) is 14.8. The number of halogens is 1. The summed E-state index contributed by atoms with van der Waals surface area (Å²) in [5.41, 5.74) is 8.85. The molecule has 2 aromatic carbocycles. The Morgan fingerprint density at radius 3 is 2.95 bits per heavy atom. The first kappa shape index (κ1) is 13.8. The lowest BCUT2D eigenvalue weighted by Gasteiger charge is -2.31. The number of hydrogen-bond acceptors (Lipinski definition) is 4. The summed E-state index contributed by atoms with van der Waals surface area (Å²) in [4.78, 5) is 3.32. The second-order valence-electron chi connectivity index (χ2n) is 4.91. The second kappa shape index (κ2) is 5.66. The highest BCUT2D eigenvalue weighted by Gasteiger charge is 2.19. The SMILES string of the molecule is N#Cc1ccc(F)cc1CN1CCSc2ccc(N)cc21. The molecule has 0 saturated heterocycles. The van der Waals surface area contributed by atoms with Gasteiger partial charge in [-0.05, 0) is 42.0 Å². The highest BCUT2D eigenvalue weighted by atomic mass is 32.2. The van der Waals surface area contributed by atoms with E-state index < -0.39 is 0 Å². The van der Waals surface area contributed by atoms with Gasteiger partial charge in [-0.25, -0.2) is 4.39 Å². The molecule has 2 aromatic rings. The molecule has 3 nitrogen and oxygen atoms in total. The summed E-state index contributed by atoms with van der Waals surface area (Å²) in [6.45, 7) is 1.36. The fourth-order valence-electron chi connectivity index (χ4n) is 2.46. The van der Waals surface area contributed by atoms with Crippen LogP contribution in [0.3, 0.4) is 0 Å². The number of nitrogens with zero attached hydrogens (tertiary/aromatic N) is 2. The minimum atomic E-state index is -0.316. The van der Waals surface area contributed by atoms with Gasteiger partial charge in [-0.1, -0.05) is 0 Å². The summed E-state index contributed by atoms with van der Waals surface area (Å²) in [6.07, 6.45) is 0. The summed E-state index contributed by atoms with van der Waals surface area (Å²) >= 11 is 1.79. The zero-order valence-corrected chi connectivity index (χ0v) is 12.2. The van der Waals surface area contributed by atoms with Crippen molar-refractivity contribution in [3.05, 3.63) is 53.3 Å². The summed E-state index contributed by atoms with van der Waals surface area (Å²) < 4.78 is 13.4. The third kappa shape index (κ3) is 2.81. The van der Waals surface area contributed by atoms with E-state index in [9.17, 15) is 4.39 Å². The Morgan fingerprint density at radius 1 is 1.29 bits per heavy atom. The number of hydrogen-bond donors (Lipinski definition) is 1. The summed E-state index contributed by atoms with van der Waals surface area (Å²) in [7, 11) is 0. The lowest BCUT2D eigenvalue weighted by atomic mass is 10.1. The number of nitrogen functional groups attached to an aromatic ring is 1. The van der Waals surface area contributed by atoms with Crippen LogP contribution in [-0.4, -0.2) is 12.3 Å². The van der Waals surface area contributed by atoms with Crippen molar-refractivity contribution >= 4 is 23.1 Å². The van der Waals surface area contributed by atoms with Crippen LogP contribution in [0.15, 0.2) is 41.3 Å². The fourth-order valence-corrected chi connectivity index (χ4v) is 3.49. The van der Waals surface area contributed by atoms with Crippen molar-refractivity contribution in [2.24, 2.45) is 0 Å². The van der Waals surface area contributed by atoms with Crippen molar-refractivity contribution in [3.63, 3.8) is 0 Å². The molecule has 0 aliphatic carbocycles. The smallest absolute Gasteiger partial charge is 0.123 e. The lowest BCUT2D eigenvalue weighted by Crippen LogP contribution is -2.29. The maximum atomic E-state index is 13.4. The fraction of sp³-hybridized carbons (Fsp3) is 0.188. The van der Waals surface area contributed by atoms with Crippen molar-refractivity contribution in [2.75, 3.05) is 22.9 Å². The maximum Gasteiger partial charge on any atom is 0.123 e. The number of fused-ring (bicyclic) bond motifs is 1.